The van der Waals surface area contributed by atoms with Crippen molar-refractivity contribution in [2.75, 3.05) is 0 Å². The predicted octanol–water partition coefficient (Wildman–Crippen LogP) is 6.72. The Morgan fingerprint density at radius 2 is 1.84 bits per heavy atom. The van der Waals surface area contributed by atoms with E-state index in [1.165, 1.54) is 17.2 Å². The van der Waals surface area contributed by atoms with Crippen molar-refractivity contribution in [2.24, 2.45) is 0 Å². The molecule has 0 spiro atoms. The summed E-state index contributed by atoms with van der Waals surface area (Å²) in [5, 5.41) is 4.02. The minimum Gasteiger partial charge on any atom is -0.345 e. The first-order chi connectivity index (χ1) is 18.7. The number of aromatic nitrogens is 3. The molecule has 1 aliphatic rings. The molecule has 0 fully saturated rings. The lowest BCUT2D eigenvalue weighted by Gasteiger charge is -2.26. The van der Waals surface area contributed by atoms with Gasteiger partial charge in [0.2, 0.25) is 0 Å². The molecule has 3 aromatic carbocycles. The Morgan fingerprint density at radius 1 is 1.03 bits per heavy atom. The lowest BCUT2D eigenvalue weighted by atomic mass is 9.87. The van der Waals surface area contributed by atoms with E-state index in [-0.39, 0.29) is 17.8 Å². The first kappa shape index (κ1) is 24.4. The van der Waals surface area contributed by atoms with Crippen molar-refractivity contribution in [3.05, 3.63) is 125 Å². The van der Waals surface area contributed by atoms with Crippen molar-refractivity contribution in [3.63, 3.8) is 0 Å². The molecule has 0 aliphatic heterocycles. The molecule has 2 aromatic heterocycles. The lowest BCUT2D eigenvalue weighted by molar-refractivity contribution is 0.0932. The third-order valence-corrected chi connectivity index (χ3v) is 8.11. The van der Waals surface area contributed by atoms with Crippen molar-refractivity contribution in [1.29, 1.82) is 0 Å². The molecule has 1 aliphatic carbocycles. The van der Waals surface area contributed by atoms with Crippen LogP contribution >= 0.6 is 11.8 Å². The Kier molecular flexibility index (Phi) is 6.92. The van der Waals surface area contributed by atoms with Crippen LogP contribution in [0.2, 0.25) is 0 Å². The second kappa shape index (κ2) is 10.8. The molecule has 2 heterocycles. The van der Waals surface area contributed by atoms with Gasteiger partial charge in [-0.3, -0.25) is 9.78 Å². The molecule has 6 rings (SSSR count). The minimum atomic E-state index is -0.236. The van der Waals surface area contributed by atoms with E-state index in [0.717, 1.165) is 41.0 Å². The van der Waals surface area contributed by atoms with Gasteiger partial charge in [-0.2, -0.15) is 0 Å². The van der Waals surface area contributed by atoms with Crippen LogP contribution in [0.25, 0.3) is 11.0 Å². The second-order valence-corrected chi connectivity index (χ2v) is 10.5. The summed E-state index contributed by atoms with van der Waals surface area (Å²) in [5.41, 5.74) is 6.59. The van der Waals surface area contributed by atoms with Crippen LogP contribution in [-0.4, -0.2) is 20.4 Å². The van der Waals surface area contributed by atoms with E-state index in [1.807, 2.05) is 47.0 Å². The van der Waals surface area contributed by atoms with E-state index in [2.05, 4.69) is 28.5 Å². The van der Waals surface area contributed by atoms with Gasteiger partial charge in [0.05, 0.1) is 29.8 Å². The molecular weight excluding hydrogens is 495 g/mol. The zero-order chi connectivity index (χ0) is 25.9. The third-order valence-electron chi connectivity index (χ3n) is 7.06. The van der Waals surface area contributed by atoms with Gasteiger partial charge in [-0.25, -0.2) is 9.37 Å². The number of rotatable bonds is 7. The fourth-order valence-corrected chi connectivity index (χ4v) is 6.02. The maximum atomic E-state index is 14.4. The number of nitrogens with zero attached hydrogens (tertiary/aromatic N) is 3. The van der Waals surface area contributed by atoms with Crippen LogP contribution in [0.1, 0.15) is 51.5 Å². The van der Waals surface area contributed by atoms with Crippen LogP contribution in [0.3, 0.4) is 0 Å². The SMILES string of the molecule is O=C(N[C@@H]1CCCc2ccccc21)c1ccc(CSc2nc3ccncc3n2Cc2ccccc2F)cc1. The third kappa shape index (κ3) is 5.07. The largest absolute Gasteiger partial charge is 0.345 e. The Labute approximate surface area is 225 Å². The number of pyridine rings is 1. The summed E-state index contributed by atoms with van der Waals surface area (Å²) < 4.78 is 16.4. The Hall–Kier alpha value is -3.97. The normalized spacial score (nSPS) is 14.8. The van der Waals surface area contributed by atoms with E-state index >= 15 is 0 Å². The highest BCUT2D eigenvalue weighted by atomic mass is 32.2. The number of fused-ring (bicyclic) bond motifs is 2. The first-order valence-corrected chi connectivity index (χ1v) is 13.8. The van der Waals surface area contributed by atoms with Gasteiger partial charge in [-0.15, -0.1) is 0 Å². The molecule has 0 bridgehead atoms. The molecular formula is C31H27FN4OS. The minimum absolute atomic E-state index is 0.0508. The van der Waals surface area contributed by atoms with E-state index in [4.69, 9.17) is 4.98 Å². The van der Waals surface area contributed by atoms with Crippen LogP contribution < -0.4 is 5.32 Å². The number of aryl methyl sites for hydroxylation is 1. The van der Waals surface area contributed by atoms with Crippen LogP contribution in [0.15, 0.2) is 96.4 Å². The second-order valence-electron chi connectivity index (χ2n) is 9.54. The van der Waals surface area contributed by atoms with Gasteiger partial charge in [-0.05, 0) is 60.2 Å². The average molecular weight is 523 g/mol. The molecule has 5 aromatic rings. The summed E-state index contributed by atoms with van der Waals surface area (Å²) in [6, 6.07) is 24.8. The highest BCUT2D eigenvalue weighted by Crippen LogP contribution is 2.30. The summed E-state index contributed by atoms with van der Waals surface area (Å²) in [6.45, 7) is 0.376. The smallest absolute Gasteiger partial charge is 0.251 e. The first-order valence-electron chi connectivity index (χ1n) is 12.8. The summed E-state index contributed by atoms with van der Waals surface area (Å²) >= 11 is 1.59. The molecule has 0 radical (unpaired) electrons. The number of thioether (sulfide) groups is 1. The van der Waals surface area contributed by atoms with Crippen LogP contribution in [0, 0.1) is 5.82 Å². The summed E-state index contributed by atoms with van der Waals surface area (Å²) in [4.78, 5) is 22.0. The van der Waals surface area contributed by atoms with Crippen molar-refractivity contribution >= 4 is 28.7 Å². The summed E-state index contributed by atoms with van der Waals surface area (Å²) in [5.74, 6) is 0.385. The highest BCUT2D eigenvalue weighted by Gasteiger charge is 2.22. The quantitative estimate of drug-likeness (QED) is 0.241. The van der Waals surface area contributed by atoms with E-state index in [9.17, 15) is 9.18 Å². The number of nitrogens with one attached hydrogen (secondary N) is 1. The van der Waals surface area contributed by atoms with Crippen molar-refractivity contribution in [1.82, 2.24) is 19.9 Å². The number of carbonyl (C=O) groups is 1. The van der Waals surface area contributed by atoms with E-state index in [0.29, 0.717) is 23.4 Å². The van der Waals surface area contributed by atoms with Gasteiger partial charge in [0.1, 0.15) is 5.82 Å². The van der Waals surface area contributed by atoms with Crippen molar-refractivity contribution < 1.29 is 9.18 Å². The highest BCUT2D eigenvalue weighted by molar-refractivity contribution is 7.98. The topological polar surface area (TPSA) is 59.8 Å². The molecule has 38 heavy (non-hydrogen) atoms. The zero-order valence-electron chi connectivity index (χ0n) is 20.8. The monoisotopic (exact) mass is 522 g/mol. The number of hydrogen-bond donors (Lipinski definition) is 1. The van der Waals surface area contributed by atoms with Crippen LogP contribution in [-0.2, 0) is 18.7 Å². The molecule has 7 heteroatoms. The fraction of sp³-hybridized carbons (Fsp3) is 0.194. The molecule has 1 amide bonds. The Balaban J connectivity index is 1.15. The number of imidazole rings is 1. The maximum absolute atomic E-state index is 14.4. The fourth-order valence-electron chi connectivity index (χ4n) is 5.05. The molecule has 190 valence electrons. The molecule has 5 nitrogen and oxygen atoms in total. The molecule has 0 unspecified atom stereocenters. The van der Waals surface area contributed by atoms with Gasteiger partial charge < -0.3 is 9.88 Å². The Bertz CT molecular complexity index is 1600. The van der Waals surface area contributed by atoms with E-state index < -0.39 is 0 Å². The standard InChI is InChI=1S/C31H27FN4OS/c32-26-10-4-2-7-24(26)19-36-29-18-33-17-16-28(29)35-31(36)38-20-21-12-14-23(15-13-21)30(37)34-27-11-5-8-22-6-1-3-9-25(22)27/h1-4,6-7,9-10,12-18,27H,5,8,11,19-20H2,(H,34,37)/t27-/m1/s1. The van der Waals surface area contributed by atoms with Crippen LogP contribution in [0.5, 0.6) is 0 Å². The molecule has 0 saturated heterocycles. The van der Waals surface area contributed by atoms with Gasteiger partial charge in [0, 0.05) is 23.1 Å². The average Bonchev–Trinajstić information content (AvgIpc) is 3.30. The maximum Gasteiger partial charge on any atom is 0.251 e. The number of hydrogen-bond acceptors (Lipinski definition) is 4. The molecule has 1 N–H and O–H groups in total. The predicted molar refractivity (Wildman–Crippen MR) is 149 cm³/mol. The Morgan fingerprint density at radius 3 is 2.71 bits per heavy atom. The van der Waals surface area contributed by atoms with E-state index in [1.54, 1.807) is 36.3 Å². The van der Waals surface area contributed by atoms with Gasteiger partial charge in [-0.1, -0.05) is 66.4 Å². The zero-order valence-corrected chi connectivity index (χ0v) is 21.6. The van der Waals surface area contributed by atoms with Crippen LogP contribution in [0.4, 0.5) is 4.39 Å². The van der Waals surface area contributed by atoms with Crippen molar-refractivity contribution in [2.45, 2.75) is 42.8 Å². The summed E-state index contributed by atoms with van der Waals surface area (Å²) in [7, 11) is 0. The lowest BCUT2D eigenvalue weighted by Crippen LogP contribution is -2.30. The number of benzene rings is 3. The van der Waals surface area contributed by atoms with Gasteiger partial charge in [0.15, 0.2) is 5.16 Å². The van der Waals surface area contributed by atoms with Gasteiger partial charge in [0.25, 0.3) is 5.91 Å². The molecule has 1 atom stereocenters. The molecule has 0 saturated carbocycles. The number of halogens is 1. The van der Waals surface area contributed by atoms with Gasteiger partial charge >= 0.3 is 0 Å². The number of amides is 1. The number of carbonyl (C=O) groups excluding carboxylic acids is 1. The summed E-state index contributed by atoms with van der Waals surface area (Å²) in [6.07, 6.45) is 6.59. The van der Waals surface area contributed by atoms with Crippen molar-refractivity contribution in [3.8, 4) is 0 Å².